The molecule has 136 valence electrons. The fourth-order valence-corrected chi connectivity index (χ4v) is 3.38. The molecule has 0 saturated carbocycles. The molecule has 0 bridgehead atoms. The van der Waals surface area contributed by atoms with Crippen LogP contribution in [0.2, 0.25) is 0 Å². The molecule has 2 rings (SSSR count). The van der Waals surface area contributed by atoms with Gasteiger partial charge < -0.3 is 10.1 Å². The molecular formula is C18H20N4O3S. The molecule has 26 heavy (non-hydrogen) atoms. The Bertz CT molecular complexity index is 917. The number of carbonyl (C=O) groups excluding carboxylic acids is 1. The van der Waals surface area contributed by atoms with E-state index in [1.807, 2.05) is 6.07 Å². The van der Waals surface area contributed by atoms with Crippen molar-refractivity contribution >= 4 is 34.2 Å². The van der Waals surface area contributed by atoms with Gasteiger partial charge in [0.25, 0.3) is 5.56 Å². The van der Waals surface area contributed by atoms with E-state index in [2.05, 4.69) is 4.98 Å². The lowest BCUT2D eigenvalue weighted by Crippen LogP contribution is -2.25. The molecule has 0 amide bonds. The summed E-state index contributed by atoms with van der Waals surface area (Å²) in [4.78, 5) is 29.5. The van der Waals surface area contributed by atoms with Crippen molar-refractivity contribution < 1.29 is 9.53 Å². The lowest BCUT2D eigenvalue weighted by atomic mass is 10.0. The number of nitrogens with one attached hydrogen (secondary N) is 1. The summed E-state index contributed by atoms with van der Waals surface area (Å²) in [5.74, 6) is -1.45. The second-order valence-electron chi connectivity index (χ2n) is 5.71. The fourth-order valence-electron chi connectivity index (χ4n) is 2.45. The molecule has 0 aliphatic carbocycles. The molecule has 1 heterocycles. The Labute approximate surface area is 155 Å². The predicted octanol–water partition coefficient (Wildman–Crippen LogP) is 2.27. The minimum Gasteiger partial charge on any atom is -0.385 e. The van der Waals surface area contributed by atoms with Gasteiger partial charge in [-0.1, -0.05) is 23.9 Å². The summed E-state index contributed by atoms with van der Waals surface area (Å²) in [5, 5.41) is 17.5. The van der Waals surface area contributed by atoms with E-state index in [9.17, 15) is 9.59 Å². The van der Waals surface area contributed by atoms with Gasteiger partial charge in [0.2, 0.25) is 0 Å². The first-order valence-electron chi connectivity index (χ1n) is 8.08. The normalized spacial score (nSPS) is 11.9. The van der Waals surface area contributed by atoms with E-state index in [1.165, 1.54) is 11.5 Å². The van der Waals surface area contributed by atoms with Crippen LogP contribution in [0.25, 0.3) is 10.9 Å². The van der Waals surface area contributed by atoms with Crippen molar-refractivity contribution in [1.29, 1.82) is 10.7 Å². The Morgan fingerprint density at radius 2 is 2.19 bits per heavy atom. The van der Waals surface area contributed by atoms with Crippen molar-refractivity contribution in [3.8, 4) is 6.07 Å². The highest BCUT2D eigenvalue weighted by atomic mass is 32.2. The maximum atomic E-state index is 12.8. The van der Waals surface area contributed by atoms with Crippen molar-refractivity contribution in [3.63, 3.8) is 0 Å². The number of carbonyl (C=O) groups is 1. The summed E-state index contributed by atoms with van der Waals surface area (Å²) in [6.07, 6.45) is 0.637. The Hall–Kier alpha value is -2.50. The van der Waals surface area contributed by atoms with Crippen molar-refractivity contribution in [3.05, 3.63) is 34.6 Å². The van der Waals surface area contributed by atoms with Crippen LogP contribution in [-0.4, -0.2) is 40.5 Å². The summed E-state index contributed by atoms with van der Waals surface area (Å²) < 4.78 is 6.58. The highest BCUT2D eigenvalue weighted by Crippen LogP contribution is 2.19. The lowest BCUT2D eigenvalue weighted by molar-refractivity contribution is -0.117. The minimum absolute atomic E-state index is 0.0158. The van der Waals surface area contributed by atoms with E-state index >= 15 is 0 Å². The number of fused-ring (bicyclic) bond motifs is 1. The third-order valence-electron chi connectivity index (χ3n) is 3.78. The molecule has 1 N–H and O–H groups in total. The highest BCUT2D eigenvalue weighted by molar-refractivity contribution is 7.99. The fraction of sp³-hybridized carbons (Fsp3) is 0.389. The van der Waals surface area contributed by atoms with E-state index < -0.39 is 5.92 Å². The molecular weight excluding hydrogens is 352 g/mol. The number of benzene rings is 1. The van der Waals surface area contributed by atoms with Gasteiger partial charge in [-0.2, -0.15) is 5.26 Å². The van der Waals surface area contributed by atoms with Gasteiger partial charge in [-0.25, -0.2) is 4.98 Å². The molecule has 2 aromatic rings. The number of nitrogens with zero attached hydrogens (tertiary/aromatic N) is 3. The van der Waals surface area contributed by atoms with Crippen molar-refractivity contribution in [1.82, 2.24) is 9.55 Å². The number of ether oxygens (including phenoxy) is 1. The van der Waals surface area contributed by atoms with Crippen LogP contribution < -0.4 is 5.56 Å². The number of aromatic nitrogens is 2. The maximum absolute atomic E-state index is 12.8. The van der Waals surface area contributed by atoms with Gasteiger partial charge in [0, 0.05) is 26.0 Å². The third-order valence-corrected chi connectivity index (χ3v) is 4.78. The zero-order valence-electron chi connectivity index (χ0n) is 14.7. The average Bonchev–Trinajstić information content (AvgIpc) is 2.62. The standard InChI is InChI=1S/C18H20N4O3S/c1-12(20)14(10-19)16(23)11-26-18-21-15-7-4-3-6-13(15)17(24)22(18)8-5-9-25-2/h3-4,6-7,14,20H,5,8-9,11H2,1-2H3. The van der Waals surface area contributed by atoms with E-state index in [4.69, 9.17) is 15.4 Å². The van der Waals surface area contributed by atoms with Gasteiger partial charge in [-0.05, 0) is 25.5 Å². The smallest absolute Gasteiger partial charge is 0.262 e. The highest BCUT2D eigenvalue weighted by Gasteiger charge is 2.21. The van der Waals surface area contributed by atoms with Crippen LogP contribution in [0.3, 0.4) is 0 Å². The molecule has 1 aromatic carbocycles. The Morgan fingerprint density at radius 3 is 2.85 bits per heavy atom. The number of hydrogen-bond donors (Lipinski definition) is 1. The molecule has 0 fully saturated rings. The number of Topliss-reactive ketones (excluding diaryl/α,β-unsaturated/α-hetero) is 1. The van der Waals surface area contributed by atoms with Crippen LogP contribution in [-0.2, 0) is 16.1 Å². The van der Waals surface area contributed by atoms with E-state index in [-0.39, 0.29) is 22.8 Å². The average molecular weight is 372 g/mol. The van der Waals surface area contributed by atoms with Gasteiger partial charge in [-0.15, -0.1) is 0 Å². The molecule has 0 radical (unpaired) electrons. The second kappa shape index (κ2) is 9.27. The Morgan fingerprint density at radius 1 is 1.46 bits per heavy atom. The topological polar surface area (TPSA) is 109 Å². The van der Waals surface area contributed by atoms with Gasteiger partial charge in [0.05, 0.1) is 22.7 Å². The molecule has 0 saturated heterocycles. The first kappa shape index (κ1) is 19.8. The third kappa shape index (κ3) is 4.56. The molecule has 8 heteroatoms. The molecule has 0 spiro atoms. The summed E-state index contributed by atoms with van der Waals surface area (Å²) in [6.45, 7) is 2.36. The van der Waals surface area contributed by atoms with Crippen molar-refractivity contribution in [2.45, 2.75) is 25.0 Å². The van der Waals surface area contributed by atoms with Crippen LogP contribution in [0.4, 0.5) is 0 Å². The van der Waals surface area contributed by atoms with Crippen LogP contribution in [0.5, 0.6) is 0 Å². The number of rotatable bonds is 9. The molecule has 1 unspecified atom stereocenters. The molecule has 1 aromatic heterocycles. The summed E-state index contributed by atoms with van der Waals surface area (Å²) in [6, 6.07) is 8.90. The molecule has 7 nitrogen and oxygen atoms in total. The van der Waals surface area contributed by atoms with Gasteiger partial charge in [0.15, 0.2) is 10.9 Å². The van der Waals surface area contributed by atoms with Crippen LogP contribution in [0.1, 0.15) is 13.3 Å². The van der Waals surface area contributed by atoms with Crippen LogP contribution in [0, 0.1) is 22.7 Å². The van der Waals surface area contributed by atoms with Crippen LogP contribution in [0.15, 0.2) is 34.2 Å². The summed E-state index contributed by atoms with van der Waals surface area (Å²) in [7, 11) is 1.59. The van der Waals surface area contributed by atoms with Crippen LogP contribution >= 0.6 is 11.8 Å². The lowest BCUT2D eigenvalue weighted by Gasteiger charge is -2.13. The first-order valence-corrected chi connectivity index (χ1v) is 9.06. The predicted molar refractivity (Wildman–Crippen MR) is 101 cm³/mol. The van der Waals surface area contributed by atoms with E-state index in [0.717, 1.165) is 11.8 Å². The minimum atomic E-state index is -1.06. The van der Waals surface area contributed by atoms with Gasteiger partial charge in [0.1, 0.15) is 5.92 Å². The summed E-state index contributed by atoms with van der Waals surface area (Å²) in [5.41, 5.74) is 0.416. The summed E-state index contributed by atoms with van der Waals surface area (Å²) >= 11 is 1.12. The number of thioether (sulfide) groups is 1. The van der Waals surface area contributed by atoms with Gasteiger partial charge >= 0.3 is 0 Å². The SMILES string of the molecule is COCCCn1c(SCC(=O)C(C#N)C(C)=N)nc2ccccc2c1=O. The van der Waals surface area contributed by atoms with Crippen molar-refractivity contribution in [2.75, 3.05) is 19.5 Å². The number of methoxy groups -OCH3 is 1. The first-order chi connectivity index (χ1) is 12.5. The maximum Gasteiger partial charge on any atom is 0.262 e. The number of para-hydroxylation sites is 1. The Balaban J connectivity index is 2.33. The van der Waals surface area contributed by atoms with Crippen molar-refractivity contribution in [2.24, 2.45) is 5.92 Å². The second-order valence-corrected chi connectivity index (χ2v) is 6.66. The monoisotopic (exact) mass is 372 g/mol. The van der Waals surface area contributed by atoms with E-state index in [0.29, 0.717) is 35.6 Å². The number of hydrogen-bond acceptors (Lipinski definition) is 7. The molecule has 0 aliphatic rings. The zero-order valence-corrected chi connectivity index (χ0v) is 15.5. The van der Waals surface area contributed by atoms with E-state index in [1.54, 1.807) is 31.4 Å². The zero-order chi connectivity index (χ0) is 19.1. The molecule has 1 atom stereocenters. The Kier molecular flexibility index (Phi) is 7.06. The number of ketones is 1. The van der Waals surface area contributed by atoms with Gasteiger partial charge in [-0.3, -0.25) is 14.2 Å². The largest absolute Gasteiger partial charge is 0.385 e. The quantitative estimate of drug-likeness (QED) is 0.313. The number of nitriles is 1. The molecule has 0 aliphatic heterocycles.